The van der Waals surface area contributed by atoms with Gasteiger partial charge in [-0.15, -0.1) is 0 Å². The summed E-state index contributed by atoms with van der Waals surface area (Å²) in [5.41, 5.74) is 5.49. The quantitative estimate of drug-likeness (QED) is 0.126. The molecule has 274 valence electrons. The van der Waals surface area contributed by atoms with E-state index in [4.69, 9.17) is 46.7 Å². The third kappa shape index (κ3) is 4.47. The average molecular weight is 766 g/mol. The zero-order chi connectivity index (χ0) is 37.4. The lowest BCUT2D eigenvalue weighted by Crippen LogP contribution is -2.52. The number of ether oxygens (including phenoxy) is 1. The van der Waals surface area contributed by atoms with Crippen LogP contribution in [-0.4, -0.2) is 50.2 Å². The number of oxazole rings is 2. The van der Waals surface area contributed by atoms with Gasteiger partial charge in [-0.1, -0.05) is 93.4 Å². The molecule has 6 aromatic rings. The number of para-hydroxylation sites is 1. The van der Waals surface area contributed by atoms with Crippen LogP contribution in [0.2, 0.25) is 10.3 Å². The first kappa shape index (κ1) is 33.3. The van der Waals surface area contributed by atoms with Gasteiger partial charge in [0.15, 0.2) is 28.6 Å². The van der Waals surface area contributed by atoms with Gasteiger partial charge in [-0.05, 0) is 35.1 Å². The second-order valence-electron chi connectivity index (χ2n) is 15.1. The molecule has 1 spiro atoms. The summed E-state index contributed by atoms with van der Waals surface area (Å²) in [6.45, 7) is 7.36. The Labute approximate surface area is 318 Å². The summed E-state index contributed by atoms with van der Waals surface area (Å²) in [6.07, 6.45) is -1.87. The summed E-state index contributed by atoms with van der Waals surface area (Å²) < 4.78 is 20.4. The van der Waals surface area contributed by atoms with E-state index in [0.717, 1.165) is 44.4 Å². The van der Waals surface area contributed by atoms with Gasteiger partial charge < -0.3 is 39.6 Å². The Bertz CT molecular complexity index is 2590. The predicted molar refractivity (Wildman–Crippen MR) is 201 cm³/mol. The molecule has 12 nitrogen and oxygen atoms in total. The number of H-pyrrole nitrogens is 1. The number of nitrogens with zero attached hydrogens (tertiary/aromatic N) is 2. The standard InChI is InChI=1S/C40H34Cl2N6O6/c1-15(2)27-37-46-29-32(54-37)40-20-9-5-8-19(18-7-6-10-22-25(18)26(33(41)43-22)31-34(42)48-38(29)53-31)28(20)47-39(40)52-24-12-11-17(13-21(24)40)14-23(35(50)45-27)44-36(51)30(49)16(3)4/h5-13,15-16,23,27,30,39,43,47,49H,14H2,1-4H3,(H,44,51)(H,45,50)/t23-,27+,30+,39-,40-/m0/s1. The lowest BCUT2D eigenvalue weighted by Gasteiger charge is -2.29. The number of aromatic nitrogens is 3. The van der Waals surface area contributed by atoms with Crippen molar-refractivity contribution in [2.24, 2.45) is 11.8 Å². The van der Waals surface area contributed by atoms with E-state index in [0.29, 0.717) is 22.2 Å². The number of anilines is 1. The van der Waals surface area contributed by atoms with Gasteiger partial charge in [-0.3, -0.25) is 9.59 Å². The minimum Gasteiger partial charge on any atom is -0.469 e. The molecule has 0 radical (unpaired) electrons. The lowest BCUT2D eigenvalue weighted by molar-refractivity contribution is -0.135. The van der Waals surface area contributed by atoms with E-state index in [9.17, 15) is 14.7 Å². The summed E-state index contributed by atoms with van der Waals surface area (Å²) in [6, 6.07) is 16.0. The van der Waals surface area contributed by atoms with E-state index in [2.05, 4.69) is 27.0 Å². The first-order chi connectivity index (χ1) is 25.9. The van der Waals surface area contributed by atoms with Crippen LogP contribution in [0.4, 0.5) is 5.69 Å². The largest absolute Gasteiger partial charge is 0.469 e. The first-order valence-electron chi connectivity index (χ1n) is 17.9. The smallest absolute Gasteiger partial charge is 0.250 e. The van der Waals surface area contributed by atoms with E-state index < -0.39 is 41.6 Å². The molecule has 10 rings (SSSR count). The summed E-state index contributed by atoms with van der Waals surface area (Å²) in [4.78, 5) is 40.5. The Morgan fingerprint density at radius 3 is 2.59 bits per heavy atom. The molecule has 5 N–H and O–H groups in total. The fraction of sp³-hybridized carbons (Fsp3) is 0.300. The highest BCUT2D eigenvalue weighted by molar-refractivity contribution is 6.37. The van der Waals surface area contributed by atoms with E-state index in [1.54, 1.807) is 13.8 Å². The molecular formula is C40H34Cl2N6O6. The Morgan fingerprint density at radius 2 is 1.80 bits per heavy atom. The summed E-state index contributed by atoms with van der Waals surface area (Å²) in [7, 11) is 0. The zero-order valence-electron chi connectivity index (χ0n) is 29.5. The van der Waals surface area contributed by atoms with Gasteiger partial charge in [-0.25, -0.2) is 4.98 Å². The van der Waals surface area contributed by atoms with Gasteiger partial charge in [0, 0.05) is 39.7 Å². The third-order valence-corrected chi connectivity index (χ3v) is 11.7. The van der Waals surface area contributed by atoms with Crippen molar-refractivity contribution in [2.45, 2.75) is 63.9 Å². The number of carbonyl (C=O) groups excluding carboxylic acids is 2. The fourth-order valence-electron chi connectivity index (χ4n) is 8.52. The van der Waals surface area contributed by atoms with Gasteiger partial charge in [-0.2, -0.15) is 4.98 Å². The Balaban J connectivity index is 1.30. The van der Waals surface area contributed by atoms with Crippen LogP contribution in [0.1, 0.15) is 62.1 Å². The van der Waals surface area contributed by atoms with Gasteiger partial charge in [0.1, 0.15) is 34.5 Å². The second kappa shape index (κ2) is 11.6. The molecule has 0 unspecified atom stereocenters. The van der Waals surface area contributed by atoms with Crippen LogP contribution in [0.15, 0.2) is 63.4 Å². The lowest BCUT2D eigenvalue weighted by atomic mass is 9.72. The molecule has 0 saturated carbocycles. The molecule has 4 aliphatic rings. The van der Waals surface area contributed by atoms with Crippen molar-refractivity contribution in [3.05, 3.63) is 93.2 Å². The highest BCUT2D eigenvalue weighted by Crippen LogP contribution is 2.62. The van der Waals surface area contributed by atoms with Crippen molar-refractivity contribution in [3.8, 4) is 39.8 Å². The molecule has 4 aliphatic heterocycles. The molecule has 10 bridgehead atoms. The van der Waals surface area contributed by atoms with Crippen molar-refractivity contribution in [1.29, 1.82) is 0 Å². The van der Waals surface area contributed by atoms with Crippen LogP contribution in [-0.2, 0) is 21.4 Å². The monoisotopic (exact) mass is 764 g/mol. The zero-order valence-corrected chi connectivity index (χ0v) is 31.0. The molecule has 54 heavy (non-hydrogen) atoms. The van der Waals surface area contributed by atoms with Crippen LogP contribution in [0.3, 0.4) is 0 Å². The van der Waals surface area contributed by atoms with Crippen molar-refractivity contribution >= 4 is 51.6 Å². The summed E-state index contributed by atoms with van der Waals surface area (Å²) in [5.74, 6) is -0.0970. The number of fused-ring (bicyclic) bond motifs is 7. The maximum atomic E-state index is 14.2. The van der Waals surface area contributed by atoms with Crippen molar-refractivity contribution < 1.29 is 28.3 Å². The van der Waals surface area contributed by atoms with Crippen LogP contribution >= 0.6 is 23.2 Å². The normalized spacial score (nSPS) is 22.2. The number of carbonyl (C=O) groups is 2. The Hall–Kier alpha value is -5.30. The number of halogens is 2. The number of aliphatic hydroxyl groups is 1. The minimum absolute atomic E-state index is 0.0872. The van der Waals surface area contributed by atoms with E-state index in [-0.39, 0.29) is 46.6 Å². The maximum absolute atomic E-state index is 14.2. The number of aromatic amines is 1. The Kier molecular flexibility index (Phi) is 7.15. The molecule has 3 aromatic carbocycles. The van der Waals surface area contributed by atoms with Crippen molar-refractivity contribution in [2.75, 3.05) is 5.32 Å². The van der Waals surface area contributed by atoms with Crippen LogP contribution < -0.4 is 20.7 Å². The maximum Gasteiger partial charge on any atom is 0.250 e. The Morgan fingerprint density at radius 1 is 1.00 bits per heavy atom. The number of hydrogen-bond donors (Lipinski definition) is 5. The van der Waals surface area contributed by atoms with Crippen LogP contribution in [0, 0.1) is 11.8 Å². The van der Waals surface area contributed by atoms with Crippen LogP contribution in [0.25, 0.3) is 44.9 Å². The van der Waals surface area contributed by atoms with Gasteiger partial charge in [0.05, 0.1) is 5.56 Å². The molecular weight excluding hydrogens is 731 g/mol. The SMILES string of the molecule is CC(C)[C@@H](O)C(=O)N[C@H]1Cc2ccc3c(c2)[C@]24c5cccc(c5N[C@H]2O3)-c2cccc3[nH]c(Cl)c(c23)-c2oc(nc2Cl)-c2nc(oc24)[C@@H](C(C)C)NC1=O. The van der Waals surface area contributed by atoms with Gasteiger partial charge >= 0.3 is 0 Å². The van der Waals surface area contributed by atoms with E-state index in [1.807, 2.05) is 62.4 Å². The second-order valence-corrected chi connectivity index (χ2v) is 15.8. The first-order valence-corrected chi connectivity index (χ1v) is 18.7. The fourth-order valence-corrected chi connectivity index (χ4v) is 9.01. The number of amides is 2. The molecule has 5 atom stereocenters. The molecule has 0 saturated heterocycles. The number of hydrogen-bond acceptors (Lipinski definition) is 9. The van der Waals surface area contributed by atoms with Crippen molar-refractivity contribution in [1.82, 2.24) is 25.6 Å². The highest BCUT2D eigenvalue weighted by Gasteiger charge is 2.61. The van der Waals surface area contributed by atoms with Gasteiger partial charge in [0.2, 0.25) is 17.7 Å². The van der Waals surface area contributed by atoms with Crippen LogP contribution in [0.5, 0.6) is 5.75 Å². The molecule has 3 aromatic heterocycles. The number of benzene rings is 3. The number of aliphatic hydroxyl groups excluding tert-OH is 1. The molecule has 7 heterocycles. The minimum atomic E-state index is -1.30. The molecule has 0 fully saturated rings. The highest BCUT2D eigenvalue weighted by atomic mass is 35.5. The van der Waals surface area contributed by atoms with Crippen molar-refractivity contribution in [3.63, 3.8) is 0 Å². The van der Waals surface area contributed by atoms with Gasteiger partial charge in [0.25, 0.3) is 5.89 Å². The molecule has 14 heteroatoms. The topological polar surface area (TPSA) is 168 Å². The predicted octanol–water partition coefficient (Wildman–Crippen LogP) is 7.11. The number of nitrogens with one attached hydrogen (secondary N) is 4. The summed E-state index contributed by atoms with van der Waals surface area (Å²) in [5, 5.41) is 21.5. The average Bonchev–Trinajstić information content (AvgIpc) is 3.94. The van der Waals surface area contributed by atoms with E-state index >= 15 is 0 Å². The molecule has 0 aliphatic carbocycles. The number of rotatable bonds is 4. The molecule has 2 amide bonds. The third-order valence-electron chi connectivity index (χ3n) is 11.2. The van der Waals surface area contributed by atoms with E-state index in [1.165, 1.54) is 0 Å². The summed E-state index contributed by atoms with van der Waals surface area (Å²) >= 11 is 13.9.